The van der Waals surface area contributed by atoms with Crippen LogP contribution in [0, 0.1) is 29.6 Å². The Hall–Kier alpha value is -3.63. The molecule has 0 atom stereocenters. The van der Waals surface area contributed by atoms with E-state index >= 15 is 0 Å². The Kier molecular flexibility index (Phi) is 4.74. The summed E-state index contributed by atoms with van der Waals surface area (Å²) in [5.41, 5.74) is 5.49. The average Bonchev–Trinajstić information content (AvgIpc) is 3.05. The molecular formula is C21H16N4. The van der Waals surface area contributed by atoms with E-state index in [1.165, 1.54) is 0 Å². The van der Waals surface area contributed by atoms with Crippen molar-refractivity contribution in [1.82, 2.24) is 9.55 Å². The van der Waals surface area contributed by atoms with Crippen LogP contribution in [0.1, 0.15) is 33.5 Å². The van der Waals surface area contributed by atoms with Crippen molar-refractivity contribution in [1.29, 1.82) is 10.5 Å². The summed E-state index contributed by atoms with van der Waals surface area (Å²) in [7, 11) is 0. The summed E-state index contributed by atoms with van der Waals surface area (Å²) in [6, 6.07) is 17.4. The van der Waals surface area contributed by atoms with Crippen LogP contribution in [0.25, 0.3) is 12.2 Å². The summed E-state index contributed by atoms with van der Waals surface area (Å²) in [6.45, 7) is 2.67. The summed E-state index contributed by atoms with van der Waals surface area (Å²) in [5.74, 6) is 0. The molecule has 1 aromatic heterocycles. The second kappa shape index (κ2) is 7.29. The van der Waals surface area contributed by atoms with Gasteiger partial charge in [0.2, 0.25) is 0 Å². The number of aromatic nitrogens is 2. The maximum atomic E-state index is 9.18. The van der Waals surface area contributed by atoms with E-state index in [0.717, 1.165) is 22.4 Å². The molecule has 120 valence electrons. The molecule has 2 aromatic carbocycles. The minimum Gasteiger partial charge on any atom is -0.330 e. The number of hydrogen-bond acceptors (Lipinski definition) is 3. The lowest BCUT2D eigenvalue weighted by Gasteiger charge is -2.09. The van der Waals surface area contributed by atoms with Gasteiger partial charge in [0.1, 0.15) is 0 Å². The van der Waals surface area contributed by atoms with Gasteiger partial charge >= 0.3 is 0 Å². The molecule has 0 unspecified atom stereocenters. The molecule has 0 amide bonds. The van der Waals surface area contributed by atoms with Crippen LogP contribution in [-0.4, -0.2) is 9.55 Å². The van der Waals surface area contributed by atoms with Crippen LogP contribution in [0.15, 0.2) is 55.0 Å². The van der Waals surface area contributed by atoms with E-state index in [1.54, 1.807) is 18.5 Å². The highest BCUT2D eigenvalue weighted by atomic mass is 15.0. The highest BCUT2D eigenvalue weighted by Crippen LogP contribution is 2.18. The van der Waals surface area contributed by atoms with Crippen LogP contribution in [0.3, 0.4) is 0 Å². The molecular weight excluding hydrogens is 308 g/mol. The zero-order chi connectivity index (χ0) is 17.6. The fraction of sp³-hybridized carbons (Fsp3) is 0.0952. The summed E-state index contributed by atoms with van der Waals surface area (Å²) in [5, 5.41) is 18.0. The molecule has 0 radical (unpaired) electrons. The standard InChI is InChI=1S/C21H16N4/c1-16-13-24-15-25(16)14-21-10-19(12-23)7-9-20(21)8-6-17-2-4-18(11-22)5-3-17/h2-10,13,15H,14H2,1H3/b8-6+. The normalized spacial score (nSPS) is 10.5. The number of imidazole rings is 1. The van der Waals surface area contributed by atoms with E-state index in [4.69, 9.17) is 5.26 Å². The van der Waals surface area contributed by atoms with Crippen molar-refractivity contribution in [3.05, 3.63) is 88.5 Å². The molecule has 0 aliphatic heterocycles. The Morgan fingerprint density at radius 1 is 1.00 bits per heavy atom. The van der Waals surface area contributed by atoms with Crippen molar-refractivity contribution in [3.8, 4) is 12.1 Å². The van der Waals surface area contributed by atoms with Gasteiger partial charge in [0.15, 0.2) is 0 Å². The molecule has 3 rings (SSSR count). The van der Waals surface area contributed by atoms with Gasteiger partial charge in [-0.15, -0.1) is 0 Å². The van der Waals surface area contributed by atoms with Crippen LogP contribution in [-0.2, 0) is 6.54 Å². The molecule has 0 fully saturated rings. The highest BCUT2D eigenvalue weighted by Gasteiger charge is 2.05. The minimum atomic E-state index is 0.642. The first-order valence-corrected chi connectivity index (χ1v) is 7.87. The molecule has 1 heterocycles. The lowest BCUT2D eigenvalue weighted by molar-refractivity contribution is 0.769. The summed E-state index contributed by atoms with van der Waals surface area (Å²) >= 11 is 0. The van der Waals surface area contributed by atoms with E-state index in [9.17, 15) is 5.26 Å². The first-order chi connectivity index (χ1) is 12.2. The van der Waals surface area contributed by atoms with Crippen molar-refractivity contribution in [3.63, 3.8) is 0 Å². The average molecular weight is 324 g/mol. The Labute approximate surface area is 146 Å². The monoisotopic (exact) mass is 324 g/mol. The summed E-state index contributed by atoms with van der Waals surface area (Å²) in [4.78, 5) is 4.15. The quantitative estimate of drug-likeness (QED) is 0.677. The number of benzene rings is 2. The molecule has 0 saturated heterocycles. The molecule has 4 nitrogen and oxygen atoms in total. The number of hydrogen-bond donors (Lipinski definition) is 0. The Morgan fingerprint density at radius 2 is 1.72 bits per heavy atom. The maximum Gasteiger partial charge on any atom is 0.0991 e. The molecule has 0 saturated carbocycles. The van der Waals surface area contributed by atoms with Crippen LogP contribution >= 0.6 is 0 Å². The number of nitrogens with zero attached hydrogens (tertiary/aromatic N) is 4. The second-order valence-electron chi connectivity index (χ2n) is 5.76. The van der Waals surface area contributed by atoms with Crippen LogP contribution in [0.2, 0.25) is 0 Å². The van der Waals surface area contributed by atoms with Gasteiger partial charge in [-0.2, -0.15) is 10.5 Å². The zero-order valence-corrected chi connectivity index (χ0v) is 13.8. The van der Waals surface area contributed by atoms with E-state index in [0.29, 0.717) is 17.7 Å². The molecule has 3 aromatic rings. The van der Waals surface area contributed by atoms with Gasteiger partial charge in [-0.1, -0.05) is 30.4 Å². The first-order valence-electron chi connectivity index (χ1n) is 7.87. The topological polar surface area (TPSA) is 65.4 Å². The molecule has 0 bridgehead atoms. The fourth-order valence-electron chi connectivity index (χ4n) is 2.57. The number of rotatable bonds is 4. The highest BCUT2D eigenvalue weighted by molar-refractivity contribution is 5.71. The summed E-state index contributed by atoms with van der Waals surface area (Å²) < 4.78 is 2.05. The first kappa shape index (κ1) is 16.2. The van der Waals surface area contributed by atoms with Gasteiger partial charge in [0.25, 0.3) is 0 Å². The Bertz CT molecular complexity index is 996. The Morgan fingerprint density at radius 3 is 2.36 bits per heavy atom. The van der Waals surface area contributed by atoms with Gasteiger partial charge in [-0.3, -0.25) is 0 Å². The fourth-order valence-corrected chi connectivity index (χ4v) is 2.57. The maximum absolute atomic E-state index is 9.18. The summed E-state index contributed by atoms with van der Waals surface area (Å²) in [6.07, 6.45) is 7.65. The van der Waals surface area contributed by atoms with Crippen LogP contribution in [0.5, 0.6) is 0 Å². The predicted molar refractivity (Wildman–Crippen MR) is 97.3 cm³/mol. The second-order valence-corrected chi connectivity index (χ2v) is 5.76. The lowest BCUT2D eigenvalue weighted by atomic mass is 10.0. The van der Waals surface area contributed by atoms with Gasteiger partial charge in [-0.25, -0.2) is 4.98 Å². The molecule has 0 N–H and O–H groups in total. The molecule has 4 heteroatoms. The van der Waals surface area contributed by atoms with Gasteiger partial charge in [0, 0.05) is 18.4 Å². The smallest absolute Gasteiger partial charge is 0.0991 e. The SMILES string of the molecule is Cc1cncn1Cc1cc(C#N)ccc1/C=C/c1ccc(C#N)cc1. The number of nitriles is 2. The van der Waals surface area contributed by atoms with Crippen molar-refractivity contribution in [2.45, 2.75) is 13.5 Å². The third kappa shape index (κ3) is 3.83. The zero-order valence-electron chi connectivity index (χ0n) is 13.8. The third-order valence-corrected chi connectivity index (χ3v) is 4.03. The minimum absolute atomic E-state index is 0.642. The molecule has 0 spiro atoms. The van der Waals surface area contributed by atoms with Crippen molar-refractivity contribution >= 4 is 12.2 Å². The van der Waals surface area contributed by atoms with Crippen LogP contribution < -0.4 is 0 Å². The predicted octanol–water partition coefficient (Wildman–Crippen LogP) is 4.15. The van der Waals surface area contributed by atoms with Crippen molar-refractivity contribution in [2.75, 3.05) is 0 Å². The number of aryl methyl sites for hydroxylation is 1. The molecule has 0 aliphatic rings. The lowest BCUT2D eigenvalue weighted by Crippen LogP contribution is -2.02. The van der Waals surface area contributed by atoms with Crippen molar-refractivity contribution in [2.24, 2.45) is 0 Å². The van der Waals surface area contributed by atoms with E-state index in [1.807, 2.05) is 55.6 Å². The van der Waals surface area contributed by atoms with Crippen molar-refractivity contribution < 1.29 is 0 Å². The Balaban J connectivity index is 1.92. The van der Waals surface area contributed by atoms with E-state index < -0.39 is 0 Å². The third-order valence-electron chi connectivity index (χ3n) is 4.03. The van der Waals surface area contributed by atoms with Gasteiger partial charge in [0.05, 0.1) is 29.6 Å². The van der Waals surface area contributed by atoms with Crippen LogP contribution in [0.4, 0.5) is 0 Å². The van der Waals surface area contributed by atoms with Gasteiger partial charge in [-0.05, 0) is 47.9 Å². The molecule has 25 heavy (non-hydrogen) atoms. The largest absolute Gasteiger partial charge is 0.330 e. The van der Waals surface area contributed by atoms with E-state index in [-0.39, 0.29) is 0 Å². The van der Waals surface area contributed by atoms with E-state index in [2.05, 4.69) is 21.7 Å². The molecule has 0 aliphatic carbocycles. The van der Waals surface area contributed by atoms with Gasteiger partial charge < -0.3 is 4.57 Å².